The summed E-state index contributed by atoms with van der Waals surface area (Å²) >= 11 is 0. The SMILES string of the molecule is CC1(C)[C@H](C(=O)O)N2C(=O)[C@@H](CF)[C@H]2S1(=O)=O. The maximum Gasteiger partial charge on any atom is 0.328 e. The van der Waals surface area contributed by atoms with E-state index in [1.54, 1.807) is 0 Å². The first-order valence-electron chi connectivity index (χ1n) is 5.02. The van der Waals surface area contributed by atoms with Crippen LogP contribution in [-0.4, -0.2) is 53.1 Å². The van der Waals surface area contributed by atoms with Crippen LogP contribution in [-0.2, 0) is 19.4 Å². The number of rotatable bonds is 2. The Morgan fingerprint density at radius 1 is 1.53 bits per heavy atom. The van der Waals surface area contributed by atoms with Crippen LogP contribution in [0, 0.1) is 5.92 Å². The monoisotopic (exact) mass is 265 g/mol. The fraction of sp³-hybridized carbons (Fsp3) is 0.778. The predicted molar refractivity (Wildman–Crippen MR) is 54.5 cm³/mol. The van der Waals surface area contributed by atoms with E-state index >= 15 is 0 Å². The number of fused-ring (bicyclic) bond motifs is 1. The summed E-state index contributed by atoms with van der Waals surface area (Å²) in [6.07, 6.45) is 0. The highest BCUT2D eigenvalue weighted by molar-refractivity contribution is 7.93. The summed E-state index contributed by atoms with van der Waals surface area (Å²) in [5.74, 6) is -3.37. The molecule has 6 nitrogen and oxygen atoms in total. The molecule has 0 aromatic rings. The molecule has 2 aliphatic heterocycles. The van der Waals surface area contributed by atoms with Crippen LogP contribution in [0.25, 0.3) is 0 Å². The number of amides is 1. The van der Waals surface area contributed by atoms with Gasteiger partial charge in [-0.3, -0.25) is 9.18 Å². The van der Waals surface area contributed by atoms with Crippen LogP contribution >= 0.6 is 0 Å². The van der Waals surface area contributed by atoms with E-state index in [2.05, 4.69) is 0 Å². The molecule has 1 amide bonds. The molecule has 0 unspecified atom stereocenters. The van der Waals surface area contributed by atoms with Crippen LogP contribution in [0.15, 0.2) is 0 Å². The highest BCUT2D eigenvalue weighted by Gasteiger charge is 2.72. The van der Waals surface area contributed by atoms with E-state index in [-0.39, 0.29) is 0 Å². The largest absolute Gasteiger partial charge is 0.480 e. The number of carboxylic acids is 1. The maximum atomic E-state index is 12.6. The lowest BCUT2D eigenvalue weighted by Gasteiger charge is -2.41. The Bertz CT molecular complexity index is 500. The minimum absolute atomic E-state index is 0.737. The Hall–Kier alpha value is -1.18. The molecular weight excluding hydrogens is 253 g/mol. The van der Waals surface area contributed by atoms with Crippen molar-refractivity contribution in [2.75, 3.05) is 6.67 Å². The number of carbonyl (C=O) groups is 2. The molecule has 96 valence electrons. The van der Waals surface area contributed by atoms with Crippen molar-refractivity contribution in [1.29, 1.82) is 0 Å². The van der Waals surface area contributed by atoms with Crippen LogP contribution in [0.1, 0.15) is 13.8 Å². The topological polar surface area (TPSA) is 91.8 Å². The summed E-state index contributed by atoms with van der Waals surface area (Å²) in [7, 11) is -3.87. The van der Waals surface area contributed by atoms with Gasteiger partial charge in [0.2, 0.25) is 5.91 Å². The van der Waals surface area contributed by atoms with Crippen LogP contribution in [0.3, 0.4) is 0 Å². The van der Waals surface area contributed by atoms with Crippen molar-refractivity contribution in [3.8, 4) is 0 Å². The summed E-state index contributed by atoms with van der Waals surface area (Å²) in [5.41, 5.74) is 0. The number of halogens is 1. The Kier molecular flexibility index (Phi) is 2.30. The van der Waals surface area contributed by atoms with Gasteiger partial charge in [-0.15, -0.1) is 0 Å². The van der Waals surface area contributed by atoms with Gasteiger partial charge >= 0.3 is 5.97 Å². The molecule has 0 aromatic carbocycles. The van der Waals surface area contributed by atoms with Crippen molar-refractivity contribution in [3.63, 3.8) is 0 Å². The van der Waals surface area contributed by atoms with Gasteiger partial charge in [0.15, 0.2) is 9.84 Å². The van der Waals surface area contributed by atoms with E-state index in [1.807, 2.05) is 0 Å². The van der Waals surface area contributed by atoms with Gasteiger partial charge in [-0.25, -0.2) is 13.2 Å². The number of aliphatic carboxylic acids is 1. The summed E-state index contributed by atoms with van der Waals surface area (Å²) < 4.78 is 35.2. The summed E-state index contributed by atoms with van der Waals surface area (Å²) in [5, 5.41) is 7.70. The zero-order chi connectivity index (χ0) is 13.2. The molecule has 1 N–H and O–H groups in total. The molecule has 0 radical (unpaired) electrons. The van der Waals surface area contributed by atoms with E-state index in [4.69, 9.17) is 5.11 Å². The van der Waals surface area contributed by atoms with Crippen LogP contribution in [0.2, 0.25) is 0 Å². The average molecular weight is 265 g/mol. The lowest BCUT2D eigenvalue weighted by molar-refractivity contribution is -0.164. The summed E-state index contributed by atoms with van der Waals surface area (Å²) in [6, 6.07) is -1.44. The third kappa shape index (κ3) is 1.16. The van der Waals surface area contributed by atoms with E-state index in [0.717, 1.165) is 4.90 Å². The molecule has 0 spiro atoms. The van der Waals surface area contributed by atoms with Gasteiger partial charge in [0.05, 0.1) is 4.75 Å². The molecule has 2 aliphatic rings. The molecular formula is C9H12FNO5S. The third-order valence-electron chi connectivity index (χ3n) is 3.58. The molecule has 0 saturated carbocycles. The first-order chi connectivity index (χ1) is 7.67. The molecule has 2 heterocycles. The Morgan fingerprint density at radius 2 is 2.06 bits per heavy atom. The Morgan fingerprint density at radius 3 is 2.47 bits per heavy atom. The number of sulfone groups is 1. The van der Waals surface area contributed by atoms with E-state index in [0.29, 0.717) is 0 Å². The Labute approximate surface area is 97.3 Å². The zero-order valence-corrected chi connectivity index (χ0v) is 10.1. The molecule has 2 fully saturated rings. The molecule has 0 aromatic heterocycles. The third-order valence-corrected chi connectivity index (χ3v) is 6.46. The first kappa shape index (κ1) is 12.3. The summed E-state index contributed by atoms with van der Waals surface area (Å²) in [6.45, 7) is 1.42. The quantitative estimate of drug-likeness (QED) is 0.673. The minimum Gasteiger partial charge on any atom is -0.480 e. The van der Waals surface area contributed by atoms with Crippen LogP contribution in [0.4, 0.5) is 4.39 Å². The normalized spacial score (nSPS) is 37.5. The van der Waals surface area contributed by atoms with Gasteiger partial charge in [0, 0.05) is 0 Å². The lowest BCUT2D eigenvalue weighted by Crippen LogP contribution is -2.64. The van der Waals surface area contributed by atoms with Crippen molar-refractivity contribution in [2.45, 2.75) is 30.0 Å². The highest BCUT2D eigenvalue weighted by Crippen LogP contribution is 2.48. The van der Waals surface area contributed by atoms with E-state index in [1.165, 1.54) is 13.8 Å². The molecule has 0 bridgehead atoms. The molecule has 8 heteroatoms. The minimum atomic E-state index is -3.87. The fourth-order valence-electron chi connectivity index (χ4n) is 2.55. The van der Waals surface area contributed by atoms with Crippen LogP contribution in [0.5, 0.6) is 0 Å². The molecule has 3 atom stereocenters. The van der Waals surface area contributed by atoms with E-state index < -0.39 is 50.5 Å². The molecule has 2 saturated heterocycles. The van der Waals surface area contributed by atoms with E-state index in [9.17, 15) is 22.4 Å². The number of β-lactam (4-membered cyclic amide) rings is 1. The highest BCUT2D eigenvalue weighted by atomic mass is 32.2. The average Bonchev–Trinajstić information content (AvgIpc) is 2.32. The number of hydrogen-bond acceptors (Lipinski definition) is 4. The number of carboxylic acid groups (broad SMARTS) is 1. The van der Waals surface area contributed by atoms with Crippen molar-refractivity contribution in [3.05, 3.63) is 0 Å². The second-order valence-electron chi connectivity index (χ2n) is 4.79. The molecule has 2 rings (SSSR count). The van der Waals surface area contributed by atoms with Crippen molar-refractivity contribution >= 4 is 21.7 Å². The number of carbonyl (C=O) groups excluding carboxylic acids is 1. The zero-order valence-electron chi connectivity index (χ0n) is 9.25. The fourth-order valence-corrected chi connectivity index (χ4v) is 4.85. The van der Waals surface area contributed by atoms with Crippen molar-refractivity contribution in [2.24, 2.45) is 5.92 Å². The predicted octanol–water partition coefficient (Wildman–Crippen LogP) is -0.599. The number of hydrogen-bond donors (Lipinski definition) is 1. The second-order valence-corrected chi connectivity index (χ2v) is 7.41. The molecule has 0 aliphatic carbocycles. The lowest BCUT2D eigenvalue weighted by atomic mass is 9.93. The number of alkyl halides is 1. The van der Waals surface area contributed by atoms with Gasteiger partial charge in [-0.1, -0.05) is 0 Å². The van der Waals surface area contributed by atoms with Gasteiger partial charge < -0.3 is 10.0 Å². The molecule has 17 heavy (non-hydrogen) atoms. The standard InChI is InChI=1S/C9H12FNO5S/c1-9(2)5(8(13)14)11-6(12)4(3-10)7(11)17(9,15)16/h4-5,7H,3H2,1-2H3,(H,13,14)/t4-,5+,7-/m1/s1. The van der Waals surface area contributed by atoms with Crippen molar-refractivity contribution in [1.82, 2.24) is 4.90 Å². The Balaban J connectivity index is 2.56. The number of nitrogens with zero attached hydrogens (tertiary/aromatic N) is 1. The first-order valence-corrected chi connectivity index (χ1v) is 6.57. The van der Waals surface area contributed by atoms with Crippen LogP contribution < -0.4 is 0 Å². The maximum absolute atomic E-state index is 12.6. The summed E-state index contributed by atoms with van der Waals surface area (Å²) in [4.78, 5) is 23.4. The van der Waals surface area contributed by atoms with Gasteiger partial charge in [-0.05, 0) is 13.8 Å². The van der Waals surface area contributed by atoms with Gasteiger partial charge in [-0.2, -0.15) is 0 Å². The van der Waals surface area contributed by atoms with Gasteiger partial charge in [0.25, 0.3) is 0 Å². The smallest absolute Gasteiger partial charge is 0.328 e. The van der Waals surface area contributed by atoms with Gasteiger partial charge in [0.1, 0.15) is 24.0 Å². The van der Waals surface area contributed by atoms with Crippen molar-refractivity contribution < 1.29 is 27.5 Å². The second kappa shape index (κ2) is 3.18.